The molecule has 1 heterocycles. The van der Waals surface area contributed by atoms with Crippen LogP contribution in [0.5, 0.6) is 0 Å². The second-order valence-electron chi connectivity index (χ2n) is 1.94. The second-order valence-corrected chi connectivity index (χ2v) is 3.46. The predicted molar refractivity (Wildman–Crippen MR) is 45.8 cm³/mol. The molecule has 0 radical (unpaired) electrons. The standard InChI is InChI=1S/C6H7ClN2OS/c7-5-4(1-2-11-5)3-9-6(8)10/h1-2H,3H2,(H3,8,9,10). The maximum absolute atomic E-state index is 10.3. The third kappa shape index (κ3) is 2.40. The second kappa shape index (κ2) is 3.59. The normalized spacial score (nSPS) is 9.55. The molecule has 0 unspecified atom stereocenters. The Morgan fingerprint density at radius 1 is 1.82 bits per heavy atom. The van der Waals surface area contributed by atoms with E-state index in [4.69, 9.17) is 17.3 Å². The van der Waals surface area contributed by atoms with Crippen LogP contribution in [0.4, 0.5) is 4.79 Å². The van der Waals surface area contributed by atoms with E-state index in [1.807, 2.05) is 11.4 Å². The van der Waals surface area contributed by atoms with Crippen molar-refractivity contribution in [2.24, 2.45) is 5.73 Å². The number of halogens is 1. The number of amides is 2. The van der Waals surface area contributed by atoms with Crippen molar-refractivity contribution in [1.82, 2.24) is 5.32 Å². The van der Waals surface area contributed by atoms with Gasteiger partial charge in [0.05, 0.1) is 4.34 Å². The number of hydrogen-bond donors (Lipinski definition) is 2. The smallest absolute Gasteiger partial charge is 0.312 e. The fourth-order valence-electron chi connectivity index (χ4n) is 0.628. The van der Waals surface area contributed by atoms with E-state index < -0.39 is 6.03 Å². The number of urea groups is 1. The summed E-state index contributed by atoms with van der Waals surface area (Å²) in [5.41, 5.74) is 5.77. The van der Waals surface area contributed by atoms with Crippen LogP contribution in [-0.4, -0.2) is 6.03 Å². The van der Waals surface area contributed by atoms with E-state index in [0.717, 1.165) is 5.56 Å². The first kappa shape index (κ1) is 8.36. The number of carbonyl (C=O) groups is 1. The van der Waals surface area contributed by atoms with Gasteiger partial charge in [0.25, 0.3) is 0 Å². The zero-order valence-electron chi connectivity index (χ0n) is 5.63. The zero-order valence-corrected chi connectivity index (χ0v) is 7.21. The Kier molecular flexibility index (Phi) is 2.73. The fraction of sp³-hybridized carbons (Fsp3) is 0.167. The molecule has 60 valence electrons. The van der Waals surface area contributed by atoms with Crippen molar-refractivity contribution in [3.8, 4) is 0 Å². The van der Waals surface area contributed by atoms with Gasteiger partial charge >= 0.3 is 6.03 Å². The molecular weight excluding hydrogens is 184 g/mol. The quantitative estimate of drug-likeness (QED) is 0.731. The summed E-state index contributed by atoms with van der Waals surface area (Å²) in [4.78, 5) is 10.3. The van der Waals surface area contributed by atoms with Gasteiger partial charge in [0.15, 0.2) is 0 Å². The molecule has 5 heteroatoms. The Morgan fingerprint density at radius 2 is 2.55 bits per heavy atom. The van der Waals surface area contributed by atoms with Gasteiger partial charge in [0.1, 0.15) is 0 Å². The summed E-state index contributed by atoms with van der Waals surface area (Å²) in [6, 6.07) is 1.32. The minimum atomic E-state index is -0.535. The van der Waals surface area contributed by atoms with Crippen LogP contribution in [0, 0.1) is 0 Å². The summed E-state index contributed by atoms with van der Waals surface area (Å²) in [6.07, 6.45) is 0. The molecule has 0 aromatic carbocycles. The van der Waals surface area contributed by atoms with E-state index in [-0.39, 0.29) is 0 Å². The third-order valence-corrected chi connectivity index (χ3v) is 2.40. The molecule has 11 heavy (non-hydrogen) atoms. The fourth-order valence-corrected chi connectivity index (χ4v) is 1.56. The van der Waals surface area contributed by atoms with Gasteiger partial charge in [-0.2, -0.15) is 0 Å². The van der Waals surface area contributed by atoms with Crippen LogP contribution in [0.2, 0.25) is 4.34 Å². The number of primary amides is 1. The van der Waals surface area contributed by atoms with E-state index in [1.54, 1.807) is 0 Å². The van der Waals surface area contributed by atoms with Gasteiger partial charge in [0.2, 0.25) is 0 Å². The molecule has 1 rings (SSSR count). The van der Waals surface area contributed by atoms with E-state index >= 15 is 0 Å². The highest BCUT2D eigenvalue weighted by molar-refractivity contribution is 7.14. The Hall–Kier alpha value is -0.740. The Bertz CT molecular complexity index is 261. The van der Waals surface area contributed by atoms with E-state index in [0.29, 0.717) is 10.9 Å². The van der Waals surface area contributed by atoms with Crippen LogP contribution in [0.1, 0.15) is 5.56 Å². The maximum Gasteiger partial charge on any atom is 0.312 e. The van der Waals surface area contributed by atoms with Gasteiger partial charge in [-0.3, -0.25) is 0 Å². The molecule has 0 aliphatic heterocycles. The number of nitrogens with two attached hydrogens (primary N) is 1. The molecule has 0 spiro atoms. The molecule has 0 aliphatic rings. The summed E-state index contributed by atoms with van der Waals surface area (Å²) in [7, 11) is 0. The third-order valence-electron chi connectivity index (χ3n) is 1.15. The van der Waals surface area contributed by atoms with Gasteiger partial charge < -0.3 is 11.1 Å². The minimum absolute atomic E-state index is 0.400. The number of carbonyl (C=O) groups excluding carboxylic acids is 1. The first-order valence-electron chi connectivity index (χ1n) is 2.95. The van der Waals surface area contributed by atoms with Gasteiger partial charge in [-0.15, -0.1) is 11.3 Å². The molecule has 0 atom stereocenters. The highest BCUT2D eigenvalue weighted by atomic mass is 35.5. The van der Waals surface area contributed by atoms with E-state index in [1.165, 1.54) is 11.3 Å². The lowest BCUT2D eigenvalue weighted by atomic mass is 10.3. The summed E-state index contributed by atoms with van der Waals surface area (Å²) >= 11 is 7.18. The summed E-state index contributed by atoms with van der Waals surface area (Å²) < 4.78 is 0.693. The number of hydrogen-bond acceptors (Lipinski definition) is 2. The molecule has 3 nitrogen and oxygen atoms in total. The molecule has 0 saturated carbocycles. The molecule has 0 bridgehead atoms. The van der Waals surface area contributed by atoms with Gasteiger partial charge in [-0.1, -0.05) is 11.6 Å². The predicted octanol–water partition coefficient (Wildman–Crippen LogP) is 1.57. The topological polar surface area (TPSA) is 55.1 Å². The van der Waals surface area contributed by atoms with Gasteiger partial charge in [-0.05, 0) is 11.4 Å². The van der Waals surface area contributed by atoms with Crippen LogP contribution in [0.3, 0.4) is 0 Å². The first-order chi connectivity index (χ1) is 5.20. The van der Waals surface area contributed by atoms with E-state index in [9.17, 15) is 4.79 Å². The van der Waals surface area contributed by atoms with Gasteiger partial charge in [0, 0.05) is 12.1 Å². The lowest BCUT2D eigenvalue weighted by molar-refractivity contribution is 0.248. The van der Waals surface area contributed by atoms with Crippen LogP contribution in [-0.2, 0) is 6.54 Å². The molecule has 0 aliphatic carbocycles. The highest BCUT2D eigenvalue weighted by Crippen LogP contribution is 2.21. The summed E-state index contributed by atoms with van der Waals surface area (Å²) in [5, 5.41) is 4.31. The molecule has 1 aromatic heterocycles. The average molecular weight is 191 g/mol. The summed E-state index contributed by atoms with van der Waals surface area (Å²) in [5.74, 6) is 0. The van der Waals surface area contributed by atoms with Crippen molar-refractivity contribution in [2.45, 2.75) is 6.54 Å². The SMILES string of the molecule is NC(=O)NCc1ccsc1Cl. The van der Waals surface area contributed by atoms with Crippen LogP contribution in [0.15, 0.2) is 11.4 Å². The monoisotopic (exact) mass is 190 g/mol. The largest absolute Gasteiger partial charge is 0.352 e. The van der Waals surface area contributed by atoms with Crippen molar-refractivity contribution in [2.75, 3.05) is 0 Å². The molecule has 3 N–H and O–H groups in total. The molecule has 0 saturated heterocycles. The molecule has 0 fully saturated rings. The van der Waals surface area contributed by atoms with Crippen molar-refractivity contribution in [3.63, 3.8) is 0 Å². The number of thiophene rings is 1. The highest BCUT2D eigenvalue weighted by Gasteiger charge is 2.00. The number of nitrogens with one attached hydrogen (secondary N) is 1. The zero-order chi connectivity index (χ0) is 8.27. The van der Waals surface area contributed by atoms with Crippen LogP contribution < -0.4 is 11.1 Å². The molecular formula is C6H7ClN2OS. The Morgan fingerprint density at radius 3 is 3.00 bits per heavy atom. The molecule has 1 aromatic rings. The van der Waals surface area contributed by atoms with Crippen LogP contribution >= 0.6 is 22.9 Å². The van der Waals surface area contributed by atoms with Crippen molar-refractivity contribution in [3.05, 3.63) is 21.3 Å². The number of rotatable bonds is 2. The Balaban J connectivity index is 2.51. The maximum atomic E-state index is 10.3. The Labute approximate surface area is 73.2 Å². The minimum Gasteiger partial charge on any atom is -0.352 e. The molecule has 2 amide bonds. The van der Waals surface area contributed by atoms with Crippen LogP contribution in [0.25, 0.3) is 0 Å². The average Bonchev–Trinajstić information content (AvgIpc) is 2.31. The van der Waals surface area contributed by atoms with E-state index in [2.05, 4.69) is 5.32 Å². The van der Waals surface area contributed by atoms with Gasteiger partial charge in [-0.25, -0.2) is 4.79 Å². The van der Waals surface area contributed by atoms with Crippen molar-refractivity contribution >= 4 is 29.0 Å². The lowest BCUT2D eigenvalue weighted by Gasteiger charge is -1.98. The van der Waals surface area contributed by atoms with Crippen molar-refractivity contribution in [1.29, 1.82) is 0 Å². The first-order valence-corrected chi connectivity index (χ1v) is 4.21. The van der Waals surface area contributed by atoms with Crippen molar-refractivity contribution < 1.29 is 4.79 Å². The lowest BCUT2D eigenvalue weighted by Crippen LogP contribution is -2.28. The summed E-state index contributed by atoms with van der Waals surface area (Å²) in [6.45, 7) is 0.400.